The second-order valence-corrected chi connectivity index (χ2v) is 6.92. The van der Waals surface area contributed by atoms with Gasteiger partial charge in [-0.25, -0.2) is 0 Å². The molecule has 2 N–H and O–H groups in total. The Labute approximate surface area is 133 Å². The van der Waals surface area contributed by atoms with E-state index in [2.05, 4.69) is 52.3 Å². The first-order chi connectivity index (χ1) is 9.85. The fourth-order valence-electron chi connectivity index (χ4n) is 2.00. The van der Waals surface area contributed by atoms with Crippen LogP contribution >= 0.6 is 15.9 Å². The SMILES string of the molecule is CC(C)(C)NCCC(=O)Nc1cccc2cc(Br)cnc12. The highest BCUT2D eigenvalue weighted by Gasteiger charge is 2.11. The molecule has 2 rings (SSSR count). The van der Waals surface area contributed by atoms with Crippen molar-refractivity contribution in [2.75, 3.05) is 11.9 Å². The third-order valence-electron chi connectivity index (χ3n) is 2.96. The minimum absolute atomic E-state index is 0.0102. The lowest BCUT2D eigenvalue weighted by Gasteiger charge is -2.20. The number of rotatable bonds is 4. The molecule has 0 saturated carbocycles. The molecule has 0 fully saturated rings. The Morgan fingerprint density at radius 1 is 1.33 bits per heavy atom. The molecule has 0 aliphatic carbocycles. The standard InChI is InChI=1S/C16H20BrN3O/c1-16(2,3)19-8-7-14(21)20-13-6-4-5-11-9-12(17)10-18-15(11)13/h4-6,9-10,19H,7-8H2,1-3H3,(H,20,21). The van der Waals surface area contributed by atoms with Crippen molar-refractivity contribution in [2.24, 2.45) is 0 Å². The minimum atomic E-state index is -0.0102. The Morgan fingerprint density at radius 3 is 2.81 bits per heavy atom. The van der Waals surface area contributed by atoms with E-state index in [9.17, 15) is 4.79 Å². The summed E-state index contributed by atoms with van der Waals surface area (Å²) < 4.78 is 0.924. The summed E-state index contributed by atoms with van der Waals surface area (Å²) >= 11 is 3.40. The highest BCUT2D eigenvalue weighted by Crippen LogP contribution is 2.23. The Kier molecular flexibility index (Phi) is 4.96. The number of amides is 1. The number of halogens is 1. The Morgan fingerprint density at radius 2 is 2.10 bits per heavy atom. The molecule has 112 valence electrons. The summed E-state index contributed by atoms with van der Waals surface area (Å²) in [6.45, 7) is 6.89. The number of nitrogens with one attached hydrogen (secondary N) is 2. The van der Waals surface area contributed by atoms with E-state index in [-0.39, 0.29) is 11.4 Å². The number of nitrogens with zero attached hydrogens (tertiary/aromatic N) is 1. The van der Waals surface area contributed by atoms with Gasteiger partial charge in [0.15, 0.2) is 0 Å². The zero-order valence-corrected chi connectivity index (χ0v) is 14.1. The number of hydrogen-bond acceptors (Lipinski definition) is 3. The minimum Gasteiger partial charge on any atom is -0.324 e. The normalized spacial score (nSPS) is 11.6. The average Bonchev–Trinajstić information content (AvgIpc) is 2.37. The zero-order valence-electron chi connectivity index (χ0n) is 12.5. The molecular formula is C16H20BrN3O. The molecule has 21 heavy (non-hydrogen) atoms. The fourth-order valence-corrected chi connectivity index (χ4v) is 2.35. The first kappa shape index (κ1) is 15.9. The third kappa shape index (κ3) is 4.79. The van der Waals surface area contributed by atoms with Gasteiger partial charge in [-0.3, -0.25) is 9.78 Å². The predicted molar refractivity (Wildman–Crippen MR) is 90.4 cm³/mol. The molecule has 0 aliphatic rings. The lowest BCUT2D eigenvalue weighted by atomic mass is 10.1. The summed E-state index contributed by atoms with van der Waals surface area (Å²) in [4.78, 5) is 16.4. The molecule has 0 atom stereocenters. The van der Waals surface area contributed by atoms with Crippen LogP contribution in [0.3, 0.4) is 0 Å². The molecule has 1 aromatic heterocycles. The summed E-state index contributed by atoms with van der Waals surface area (Å²) in [5.41, 5.74) is 1.58. The van der Waals surface area contributed by atoms with E-state index in [0.29, 0.717) is 13.0 Å². The Bertz CT molecular complexity index is 650. The van der Waals surface area contributed by atoms with Crippen LogP contribution in [0.4, 0.5) is 5.69 Å². The van der Waals surface area contributed by atoms with Crippen LogP contribution in [0.25, 0.3) is 10.9 Å². The second-order valence-electron chi connectivity index (χ2n) is 6.01. The van der Waals surface area contributed by atoms with Crippen molar-refractivity contribution in [3.63, 3.8) is 0 Å². The van der Waals surface area contributed by atoms with E-state index in [1.165, 1.54) is 0 Å². The number of anilines is 1. The van der Waals surface area contributed by atoms with Gasteiger partial charge in [-0.2, -0.15) is 0 Å². The first-order valence-corrected chi connectivity index (χ1v) is 7.74. The van der Waals surface area contributed by atoms with Crippen LogP contribution in [-0.4, -0.2) is 23.0 Å². The number of pyridine rings is 1. The molecule has 2 aromatic rings. The van der Waals surface area contributed by atoms with Gasteiger partial charge in [0, 0.05) is 34.6 Å². The van der Waals surface area contributed by atoms with Gasteiger partial charge in [0.05, 0.1) is 11.2 Å². The van der Waals surface area contributed by atoms with Crippen molar-refractivity contribution in [3.8, 4) is 0 Å². The highest BCUT2D eigenvalue weighted by molar-refractivity contribution is 9.10. The van der Waals surface area contributed by atoms with Gasteiger partial charge < -0.3 is 10.6 Å². The van der Waals surface area contributed by atoms with Crippen molar-refractivity contribution in [3.05, 3.63) is 34.9 Å². The molecular weight excluding hydrogens is 330 g/mol. The zero-order chi connectivity index (χ0) is 15.5. The van der Waals surface area contributed by atoms with Crippen molar-refractivity contribution in [1.29, 1.82) is 0 Å². The summed E-state index contributed by atoms with van der Waals surface area (Å²) in [6, 6.07) is 7.75. The molecule has 0 spiro atoms. The van der Waals surface area contributed by atoms with Gasteiger partial charge in [0.25, 0.3) is 0 Å². The molecule has 1 aromatic carbocycles. The van der Waals surface area contributed by atoms with Gasteiger partial charge in [0.2, 0.25) is 5.91 Å². The van der Waals surface area contributed by atoms with Crippen LogP contribution in [0, 0.1) is 0 Å². The van der Waals surface area contributed by atoms with Gasteiger partial charge in [-0.1, -0.05) is 12.1 Å². The van der Waals surface area contributed by atoms with E-state index < -0.39 is 0 Å². The van der Waals surface area contributed by atoms with Crippen LogP contribution < -0.4 is 10.6 Å². The van der Waals surface area contributed by atoms with Crippen molar-refractivity contribution < 1.29 is 4.79 Å². The number of carbonyl (C=O) groups excluding carboxylic acids is 1. The third-order valence-corrected chi connectivity index (χ3v) is 3.39. The number of benzene rings is 1. The fraction of sp³-hybridized carbons (Fsp3) is 0.375. The Balaban J connectivity index is 2.04. The van der Waals surface area contributed by atoms with Gasteiger partial charge in [0.1, 0.15) is 0 Å². The van der Waals surface area contributed by atoms with Gasteiger partial charge in [-0.15, -0.1) is 0 Å². The van der Waals surface area contributed by atoms with Crippen LogP contribution in [0.5, 0.6) is 0 Å². The first-order valence-electron chi connectivity index (χ1n) is 6.94. The van der Waals surface area contributed by atoms with Gasteiger partial charge >= 0.3 is 0 Å². The maximum atomic E-state index is 12.0. The average molecular weight is 350 g/mol. The second kappa shape index (κ2) is 6.54. The summed E-state index contributed by atoms with van der Waals surface area (Å²) in [5, 5.41) is 7.23. The molecule has 1 heterocycles. The molecule has 0 saturated heterocycles. The number of carbonyl (C=O) groups is 1. The topological polar surface area (TPSA) is 54.0 Å². The van der Waals surface area contributed by atoms with Crippen LogP contribution in [0.15, 0.2) is 34.9 Å². The maximum absolute atomic E-state index is 12.0. The summed E-state index contributed by atoms with van der Waals surface area (Å²) in [5.74, 6) is -0.0102. The Hall–Kier alpha value is -1.46. The van der Waals surface area contributed by atoms with Crippen molar-refractivity contribution in [1.82, 2.24) is 10.3 Å². The number of hydrogen-bond donors (Lipinski definition) is 2. The van der Waals surface area contributed by atoms with Gasteiger partial charge in [-0.05, 0) is 48.8 Å². The lowest BCUT2D eigenvalue weighted by Crippen LogP contribution is -2.37. The lowest BCUT2D eigenvalue weighted by molar-refractivity contribution is -0.116. The van der Waals surface area contributed by atoms with E-state index >= 15 is 0 Å². The van der Waals surface area contributed by atoms with E-state index in [1.54, 1.807) is 6.20 Å². The molecule has 0 aliphatic heterocycles. The van der Waals surface area contributed by atoms with Crippen LogP contribution in [-0.2, 0) is 4.79 Å². The predicted octanol–water partition coefficient (Wildman–Crippen LogP) is 3.71. The summed E-state index contributed by atoms with van der Waals surface area (Å²) in [6.07, 6.45) is 2.17. The van der Waals surface area contributed by atoms with Crippen molar-refractivity contribution >= 4 is 38.4 Å². The quantitative estimate of drug-likeness (QED) is 0.884. The molecule has 0 radical (unpaired) electrons. The van der Waals surface area contributed by atoms with E-state index in [4.69, 9.17) is 0 Å². The number of fused-ring (bicyclic) bond motifs is 1. The number of para-hydroxylation sites is 1. The van der Waals surface area contributed by atoms with E-state index in [1.807, 2.05) is 24.3 Å². The molecule has 0 unspecified atom stereocenters. The number of aromatic nitrogens is 1. The monoisotopic (exact) mass is 349 g/mol. The maximum Gasteiger partial charge on any atom is 0.225 e. The molecule has 0 bridgehead atoms. The molecule has 1 amide bonds. The van der Waals surface area contributed by atoms with Crippen LogP contribution in [0.1, 0.15) is 27.2 Å². The van der Waals surface area contributed by atoms with E-state index in [0.717, 1.165) is 21.1 Å². The van der Waals surface area contributed by atoms with Crippen molar-refractivity contribution in [2.45, 2.75) is 32.7 Å². The van der Waals surface area contributed by atoms with Crippen LogP contribution in [0.2, 0.25) is 0 Å². The molecule has 5 heteroatoms. The highest BCUT2D eigenvalue weighted by atomic mass is 79.9. The summed E-state index contributed by atoms with van der Waals surface area (Å²) in [7, 11) is 0. The largest absolute Gasteiger partial charge is 0.324 e. The smallest absolute Gasteiger partial charge is 0.225 e. The molecule has 4 nitrogen and oxygen atoms in total.